The number of nitrogens with zero attached hydrogens (tertiary/aromatic N) is 2. The molecule has 0 spiro atoms. The van der Waals surface area contributed by atoms with Gasteiger partial charge in [0.1, 0.15) is 0 Å². The molecule has 7 heteroatoms. The van der Waals surface area contributed by atoms with Crippen LogP contribution in [0.15, 0.2) is 55.7 Å². The minimum absolute atomic E-state index is 0.127. The predicted molar refractivity (Wildman–Crippen MR) is 90.0 cm³/mol. The second kappa shape index (κ2) is 6.85. The number of aliphatic imine (C=N–C) groups is 1. The number of rotatable bonds is 4. The number of nitro groups is 1. The molecule has 0 aliphatic carbocycles. The highest BCUT2D eigenvalue weighted by molar-refractivity contribution is 9.10. The van der Waals surface area contributed by atoms with E-state index in [0.29, 0.717) is 10.5 Å². The van der Waals surface area contributed by atoms with Gasteiger partial charge in [0.05, 0.1) is 15.4 Å². The molecule has 22 heavy (non-hydrogen) atoms. The minimum atomic E-state index is -0.571. The highest BCUT2D eigenvalue weighted by Crippen LogP contribution is 2.39. The molecule has 0 saturated heterocycles. The van der Waals surface area contributed by atoms with Gasteiger partial charge in [0.2, 0.25) is 0 Å². The maximum absolute atomic E-state index is 11.7. The summed E-state index contributed by atoms with van der Waals surface area (Å²) in [6.07, 6.45) is 0. The van der Waals surface area contributed by atoms with Crippen molar-refractivity contribution >= 4 is 46.0 Å². The van der Waals surface area contributed by atoms with Gasteiger partial charge in [0.25, 0.3) is 11.6 Å². The van der Waals surface area contributed by atoms with E-state index in [9.17, 15) is 14.9 Å². The van der Waals surface area contributed by atoms with Gasteiger partial charge in [-0.05, 0) is 53.3 Å². The monoisotopic (exact) mass is 378 g/mol. The van der Waals surface area contributed by atoms with Crippen LogP contribution in [0, 0.1) is 17.0 Å². The van der Waals surface area contributed by atoms with E-state index in [-0.39, 0.29) is 11.3 Å². The first-order chi connectivity index (χ1) is 10.4. The number of amides is 1. The molecule has 0 saturated carbocycles. The standard InChI is InChI=1S/C15H11BrN2O3S/c1-9-7-14(22-13-6-4-3-5-11(13)16)12(18(20)21)8-10(9)15(19)17-2/h3-8H,2H2,1H3. The Kier molecular flexibility index (Phi) is 5.10. The molecule has 2 aromatic rings. The lowest BCUT2D eigenvalue weighted by molar-refractivity contribution is -0.387. The topological polar surface area (TPSA) is 72.6 Å². The van der Waals surface area contributed by atoms with E-state index in [4.69, 9.17) is 0 Å². The molecule has 2 rings (SSSR count). The molecular weight excluding hydrogens is 368 g/mol. The number of halogens is 1. The van der Waals surface area contributed by atoms with Crippen molar-refractivity contribution in [3.8, 4) is 0 Å². The zero-order chi connectivity index (χ0) is 16.3. The summed E-state index contributed by atoms with van der Waals surface area (Å²) in [5, 5.41) is 11.3. The lowest BCUT2D eigenvalue weighted by atomic mass is 10.1. The van der Waals surface area contributed by atoms with Crippen molar-refractivity contribution in [2.45, 2.75) is 16.7 Å². The van der Waals surface area contributed by atoms with Gasteiger partial charge in [-0.2, -0.15) is 0 Å². The fourth-order valence-corrected chi connectivity index (χ4v) is 3.41. The molecule has 0 heterocycles. The molecule has 5 nitrogen and oxygen atoms in total. The third-order valence-electron chi connectivity index (χ3n) is 2.93. The quantitative estimate of drug-likeness (QED) is 0.440. The summed E-state index contributed by atoms with van der Waals surface area (Å²) in [7, 11) is 0. The van der Waals surface area contributed by atoms with E-state index < -0.39 is 10.8 Å². The molecule has 0 fully saturated rings. The Morgan fingerprint density at radius 1 is 1.32 bits per heavy atom. The Bertz CT molecular complexity index is 777. The number of benzene rings is 2. The van der Waals surface area contributed by atoms with Gasteiger partial charge < -0.3 is 0 Å². The molecule has 0 unspecified atom stereocenters. The molecule has 2 aromatic carbocycles. The SMILES string of the molecule is C=NC(=O)c1cc([N+](=O)[O-])c(Sc2ccccc2Br)cc1C. The summed E-state index contributed by atoms with van der Waals surface area (Å²) in [5.41, 5.74) is 0.689. The minimum Gasteiger partial charge on any atom is -0.267 e. The van der Waals surface area contributed by atoms with E-state index >= 15 is 0 Å². The second-order valence-electron chi connectivity index (χ2n) is 4.39. The summed E-state index contributed by atoms with van der Waals surface area (Å²) in [6.45, 7) is 4.89. The number of aryl methyl sites for hydroxylation is 1. The molecule has 0 atom stereocenters. The zero-order valence-corrected chi connectivity index (χ0v) is 14.0. The van der Waals surface area contributed by atoms with Crippen LogP contribution in [0.1, 0.15) is 15.9 Å². The largest absolute Gasteiger partial charge is 0.284 e. The summed E-state index contributed by atoms with van der Waals surface area (Å²) in [6, 6.07) is 10.3. The van der Waals surface area contributed by atoms with Gasteiger partial charge in [0, 0.05) is 15.4 Å². The van der Waals surface area contributed by atoms with Crippen LogP contribution in [0.4, 0.5) is 5.69 Å². The Balaban J connectivity index is 2.54. The van der Waals surface area contributed by atoms with Crippen LogP contribution < -0.4 is 0 Å². The van der Waals surface area contributed by atoms with Gasteiger partial charge >= 0.3 is 0 Å². The molecule has 0 aliphatic heterocycles. The molecule has 0 aliphatic rings. The first-order valence-electron chi connectivity index (χ1n) is 6.16. The lowest BCUT2D eigenvalue weighted by Crippen LogP contribution is -2.01. The maximum Gasteiger partial charge on any atom is 0.284 e. The van der Waals surface area contributed by atoms with Crippen molar-refractivity contribution < 1.29 is 9.72 Å². The van der Waals surface area contributed by atoms with Crippen LogP contribution in [-0.4, -0.2) is 17.5 Å². The number of nitro benzene ring substituents is 1. The number of carbonyl (C=O) groups is 1. The van der Waals surface area contributed by atoms with Crippen molar-refractivity contribution in [3.05, 3.63) is 62.1 Å². The van der Waals surface area contributed by atoms with Crippen LogP contribution in [0.2, 0.25) is 0 Å². The average molecular weight is 379 g/mol. The lowest BCUT2D eigenvalue weighted by Gasteiger charge is -2.08. The summed E-state index contributed by atoms with van der Waals surface area (Å²) in [5.74, 6) is -0.571. The first kappa shape index (κ1) is 16.4. The summed E-state index contributed by atoms with van der Waals surface area (Å²) >= 11 is 4.68. The fourth-order valence-electron chi connectivity index (χ4n) is 1.86. The van der Waals surface area contributed by atoms with Gasteiger partial charge in [-0.25, -0.2) is 4.99 Å². The van der Waals surface area contributed by atoms with Gasteiger partial charge in [-0.1, -0.05) is 23.9 Å². The van der Waals surface area contributed by atoms with Gasteiger partial charge in [-0.15, -0.1) is 0 Å². The van der Waals surface area contributed by atoms with E-state index in [2.05, 4.69) is 27.6 Å². The van der Waals surface area contributed by atoms with Crippen molar-refractivity contribution in [1.82, 2.24) is 0 Å². The Morgan fingerprint density at radius 2 is 2.00 bits per heavy atom. The molecule has 112 valence electrons. The van der Waals surface area contributed by atoms with E-state index in [1.807, 2.05) is 24.3 Å². The van der Waals surface area contributed by atoms with E-state index in [0.717, 1.165) is 9.37 Å². The number of carbonyl (C=O) groups excluding carboxylic acids is 1. The van der Waals surface area contributed by atoms with Gasteiger partial charge in [0.15, 0.2) is 0 Å². The van der Waals surface area contributed by atoms with E-state index in [1.165, 1.54) is 17.8 Å². The first-order valence-corrected chi connectivity index (χ1v) is 7.77. The van der Waals surface area contributed by atoms with Crippen LogP contribution in [-0.2, 0) is 0 Å². The average Bonchev–Trinajstić information content (AvgIpc) is 2.48. The van der Waals surface area contributed by atoms with Gasteiger partial charge in [-0.3, -0.25) is 14.9 Å². The van der Waals surface area contributed by atoms with Crippen molar-refractivity contribution in [2.75, 3.05) is 0 Å². The second-order valence-corrected chi connectivity index (χ2v) is 6.33. The third-order valence-corrected chi connectivity index (χ3v) is 5.01. The Morgan fingerprint density at radius 3 is 2.59 bits per heavy atom. The molecule has 1 amide bonds. The number of hydrogen-bond donors (Lipinski definition) is 0. The van der Waals surface area contributed by atoms with Crippen molar-refractivity contribution in [3.63, 3.8) is 0 Å². The fraction of sp³-hybridized carbons (Fsp3) is 0.0667. The Labute approximate surface area is 139 Å². The summed E-state index contributed by atoms with van der Waals surface area (Å²) < 4.78 is 0.847. The molecular formula is C15H11BrN2O3S. The van der Waals surface area contributed by atoms with E-state index in [1.54, 1.807) is 13.0 Å². The third kappa shape index (κ3) is 3.42. The summed E-state index contributed by atoms with van der Waals surface area (Å²) in [4.78, 5) is 27.1. The molecule has 0 N–H and O–H groups in total. The highest BCUT2D eigenvalue weighted by atomic mass is 79.9. The van der Waals surface area contributed by atoms with Crippen LogP contribution in [0.25, 0.3) is 0 Å². The van der Waals surface area contributed by atoms with Crippen LogP contribution >= 0.6 is 27.7 Å². The van der Waals surface area contributed by atoms with Crippen LogP contribution in [0.3, 0.4) is 0 Å². The molecule has 0 bridgehead atoms. The predicted octanol–water partition coefficient (Wildman–Crippen LogP) is 4.66. The molecule has 0 aromatic heterocycles. The Hall–Kier alpha value is -1.99. The smallest absolute Gasteiger partial charge is 0.267 e. The van der Waals surface area contributed by atoms with Crippen molar-refractivity contribution in [1.29, 1.82) is 0 Å². The van der Waals surface area contributed by atoms with Crippen LogP contribution in [0.5, 0.6) is 0 Å². The number of hydrogen-bond acceptors (Lipinski definition) is 4. The zero-order valence-electron chi connectivity index (χ0n) is 11.6. The molecule has 0 radical (unpaired) electrons. The normalized spacial score (nSPS) is 10.3. The van der Waals surface area contributed by atoms with Crippen molar-refractivity contribution in [2.24, 2.45) is 4.99 Å². The highest BCUT2D eigenvalue weighted by Gasteiger charge is 2.21. The maximum atomic E-state index is 11.7.